The van der Waals surface area contributed by atoms with Gasteiger partial charge >= 0.3 is 0 Å². The molecular formula is C9H11NO3. The lowest BCUT2D eigenvalue weighted by molar-refractivity contribution is 0.0910. The van der Waals surface area contributed by atoms with Crippen LogP contribution in [0.2, 0.25) is 0 Å². The fourth-order valence-corrected chi connectivity index (χ4v) is 0.916. The number of benzene rings is 1. The van der Waals surface area contributed by atoms with Gasteiger partial charge in [-0.25, -0.2) is 0 Å². The van der Waals surface area contributed by atoms with Crippen molar-refractivity contribution in [3.63, 3.8) is 0 Å². The van der Waals surface area contributed by atoms with Crippen molar-refractivity contribution >= 4 is 5.91 Å². The summed E-state index contributed by atoms with van der Waals surface area (Å²) in [5.74, 6) is 0.394. The van der Waals surface area contributed by atoms with Crippen molar-refractivity contribution in [1.29, 1.82) is 0 Å². The third-order valence-corrected chi connectivity index (χ3v) is 1.59. The molecule has 4 heteroatoms. The first-order valence-corrected chi connectivity index (χ1v) is 3.81. The molecule has 0 atom stereocenters. The van der Waals surface area contributed by atoms with Crippen LogP contribution in [0.25, 0.3) is 0 Å². The molecule has 0 spiro atoms. The first-order chi connectivity index (χ1) is 6.27. The van der Waals surface area contributed by atoms with Crippen molar-refractivity contribution in [1.82, 2.24) is 5.32 Å². The van der Waals surface area contributed by atoms with E-state index < -0.39 is 0 Å². The molecule has 70 valence electrons. The van der Waals surface area contributed by atoms with E-state index in [0.717, 1.165) is 0 Å². The highest BCUT2D eigenvalue weighted by molar-refractivity contribution is 5.94. The SMILES string of the molecule is COc1ccc(C(=O)NCO)cc1. The summed E-state index contributed by atoms with van der Waals surface area (Å²) in [5.41, 5.74) is 0.495. The number of carbonyl (C=O) groups is 1. The Labute approximate surface area is 76.1 Å². The number of aliphatic hydroxyl groups is 1. The Kier molecular flexibility index (Phi) is 3.28. The molecule has 0 aliphatic rings. The summed E-state index contributed by atoms with van der Waals surface area (Å²) in [5, 5.41) is 10.7. The maximum Gasteiger partial charge on any atom is 0.253 e. The average Bonchev–Trinajstić information content (AvgIpc) is 2.18. The fourth-order valence-electron chi connectivity index (χ4n) is 0.916. The molecule has 1 amide bonds. The monoisotopic (exact) mass is 181 g/mol. The second-order valence-corrected chi connectivity index (χ2v) is 2.39. The molecule has 0 aromatic heterocycles. The lowest BCUT2D eigenvalue weighted by Gasteiger charge is -2.02. The quantitative estimate of drug-likeness (QED) is 0.662. The van der Waals surface area contributed by atoms with Crippen LogP contribution in [0.5, 0.6) is 5.75 Å². The lowest BCUT2D eigenvalue weighted by atomic mass is 10.2. The third kappa shape index (κ3) is 2.45. The Morgan fingerprint density at radius 3 is 2.54 bits per heavy atom. The number of methoxy groups -OCH3 is 1. The smallest absolute Gasteiger partial charge is 0.253 e. The first-order valence-electron chi connectivity index (χ1n) is 3.81. The zero-order valence-electron chi connectivity index (χ0n) is 7.28. The number of ether oxygens (including phenoxy) is 1. The van der Waals surface area contributed by atoms with Crippen LogP contribution in [0, 0.1) is 0 Å². The molecule has 0 aliphatic heterocycles. The van der Waals surface area contributed by atoms with Crippen LogP contribution in [0.15, 0.2) is 24.3 Å². The molecule has 1 aromatic rings. The van der Waals surface area contributed by atoms with Crippen molar-refractivity contribution in [2.24, 2.45) is 0 Å². The summed E-state index contributed by atoms with van der Waals surface area (Å²) in [6, 6.07) is 6.63. The van der Waals surface area contributed by atoms with E-state index in [4.69, 9.17) is 9.84 Å². The lowest BCUT2D eigenvalue weighted by Crippen LogP contribution is -2.23. The van der Waals surface area contributed by atoms with Gasteiger partial charge in [0.15, 0.2) is 0 Å². The van der Waals surface area contributed by atoms with Crippen molar-refractivity contribution in [3.8, 4) is 5.75 Å². The molecule has 4 nitrogen and oxygen atoms in total. The summed E-state index contributed by atoms with van der Waals surface area (Å²) in [7, 11) is 1.56. The maximum atomic E-state index is 11.1. The van der Waals surface area contributed by atoms with Crippen LogP contribution >= 0.6 is 0 Å². The summed E-state index contributed by atoms with van der Waals surface area (Å²) < 4.78 is 4.93. The average molecular weight is 181 g/mol. The van der Waals surface area contributed by atoms with Gasteiger partial charge in [-0.1, -0.05) is 0 Å². The first kappa shape index (κ1) is 9.54. The number of rotatable bonds is 3. The number of aliphatic hydroxyl groups excluding tert-OH is 1. The number of hydrogen-bond donors (Lipinski definition) is 2. The van der Waals surface area contributed by atoms with Crippen LogP contribution in [-0.2, 0) is 0 Å². The zero-order valence-corrected chi connectivity index (χ0v) is 7.28. The molecule has 0 saturated carbocycles. The molecule has 0 unspecified atom stereocenters. The van der Waals surface area contributed by atoms with Gasteiger partial charge in [0.05, 0.1) is 7.11 Å². The largest absolute Gasteiger partial charge is 0.497 e. The predicted molar refractivity (Wildman–Crippen MR) is 47.5 cm³/mol. The van der Waals surface area contributed by atoms with Crippen LogP contribution < -0.4 is 10.1 Å². The fraction of sp³-hybridized carbons (Fsp3) is 0.222. The van der Waals surface area contributed by atoms with E-state index in [1.807, 2.05) is 0 Å². The molecule has 1 rings (SSSR count). The minimum atomic E-state index is -0.356. The highest BCUT2D eigenvalue weighted by Gasteiger charge is 2.02. The third-order valence-electron chi connectivity index (χ3n) is 1.59. The molecule has 0 bridgehead atoms. The zero-order chi connectivity index (χ0) is 9.68. The number of nitrogens with one attached hydrogen (secondary N) is 1. The van der Waals surface area contributed by atoms with Crippen LogP contribution in [0.3, 0.4) is 0 Å². The second kappa shape index (κ2) is 4.47. The molecule has 0 saturated heterocycles. The molecule has 0 heterocycles. The van der Waals surface area contributed by atoms with Gasteiger partial charge in [0.1, 0.15) is 12.5 Å². The Hall–Kier alpha value is -1.55. The van der Waals surface area contributed by atoms with E-state index in [2.05, 4.69) is 5.32 Å². The van der Waals surface area contributed by atoms with Crippen LogP contribution in [-0.4, -0.2) is 24.9 Å². The van der Waals surface area contributed by atoms with Gasteiger partial charge in [-0.15, -0.1) is 0 Å². The number of carbonyl (C=O) groups excluding carboxylic acids is 1. The Balaban J connectivity index is 2.74. The standard InChI is InChI=1S/C9H11NO3/c1-13-8-4-2-7(3-5-8)9(12)10-6-11/h2-5,11H,6H2,1H3,(H,10,12). The predicted octanol–water partition coefficient (Wildman–Crippen LogP) is 0.375. The summed E-state index contributed by atoms with van der Waals surface area (Å²) in [6.45, 7) is -0.356. The van der Waals surface area contributed by atoms with E-state index in [-0.39, 0.29) is 12.6 Å². The molecular weight excluding hydrogens is 170 g/mol. The molecule has 0 aliphatic carbocycles. The number of hydrogen-bond acceptors (Lipinski definition) is 3. The minimum Gasteiger partial charge on any atom is -0.497 e. The summed E-state index contributed by atoms with van der Waals surface area (Å²) >= 11 is 0. The van der Waals surface area contributed by atoms with Gasteiger partial charge in [0.25, 0.3) is 5.91 Å². The highest BCUT2D eigenvalue weighted by Crippen LogP contribution is 2.10. The topological polar surface area (TPSA) is 58.6 Å². The normalized spacial score (nSPS) is 9.38. The van der Waals surface area contributed by atoms with Crippen molar-refractivity contribution in [2.75, 3.05) is 13.8 Å². The second-order valence-electron chi connectivity index (χ2n) is 2.39. The molecule has 0 fully saturated rings. The van der Waals surface area contributed by atoms with E-state index in [9.17, 15) is 4.79 Å². The van der Waals surface area contributed by atoms with Gasteiger partial charge < -0.3 is 15.2 Å². The summed E-state index contributed by atoms with van der Waals surface area (Å²) in [4.78, 5) is 11.1. The molecule has 1 aromatic carbocycles. The highest BCUT2D eigenvalue weighted by atomic mass is 16.5. The van der Waals surface area contributed by atoms with Crippen molar-refractivity contribution < 1.29 is 14.6 Å². The van der Waals surface area contributed by atoms with E-state index in [0.29, 0.717) is 11.3 Å². The van der Waals surface area contributed by atoms with Crippen LogP contribution in [0.1, 0.15) is 10.4 Å². The molecule has 2 N–H and O–H groups in total. The Morgan fingerprint density at radius 1 is 1.46 bits per heavy atom. The summed E-state index contributed by atoms with van der Waals surface area (Å²) in [6.07, 6.45) is 0. The maximum absolute atomic E-state index is 11.1. The van der Waals surface area contributed by atoms with Gasteiger partial charge in [-0.05, 0) is 24.3 Å². The van der Waals surface area contributed by atoms with Gasteiger partial charge in [-0.2, -0.15) is 0 Å². The van der Waals surface area contributed by atoms with Crippen molar-refractivity contribution in [2.45, 2.75) is 0 Å². The van der Waals surface area contributed by atoms with E-state index in [1.165, 1.54) is 0 Å². The molecule has 13 heavy (non-hydrogen) atoms. The Morgan fingerprint density at radius 2 is 2.08 bits per heavy atom. The number of amides is 1. The molecule has 0 radical (unpaired) electrons. The van der Waals surface area contributed by atoms with Gasteiger partial charge in [0, 0.05) is 5.56 Å². The van der Waals surface area contributed by atoms with Crippen molar-refractivity contribution in [3.05, 3.63) is 29.8 Å². The Bertz CT molecular complexity index is 281. The minimum absolute atomic E-state index is 0.301. The van der Waals surface area contributed by atoms with E-state index in [1.54, 1.807) is 31.4 Å². The van der Waals surface area contributed by atoms with Gasteiger partial charge in [0.2, 0.25) is 0 Å². The van der Waals surface area contributed by atoms with E-state index >= 15 is 0 Å². The van der Waals surface area contributed by atoms with Crippen LogP contribution in [0.4, 0.5) is 0 Å². The van der Waals surface area contributed by atoms with Gasteiger partial charge in [-0.3, -0.25) is 4.79 Å².